The first kappa shape index (κ1) is 10.3. The van der Waals surface area contributed by atoms with Gasteiger partial charge in [-0.05, 0) is 0 Å². The van der Waals surface area contributed by atoms with Crippen LogP contribution in [0.2, 0.25) is 0 Å². The molecule has 0 atom stereocenters. The van der Waals surface area contributed by atoms with Gasteiger partial charge in [0.05, 0.1) is 0 Å². The Hall–Kier alpha value is 1.25. The molecule has 0 radical (unpaired) electrons. The minimum atomic E-state index is -3.56. The molecular formula is H2LiO3STa. The van der Waals surface area contributed by atoms with E-state index in [1.807, 2.05) is 0 Å². The molecule has 1 N–H and O–H groups in total. The van der Waals surface area contributed by atoms with E-state index in [2.05, 4.69) is 0 Å². The first-order valence-electron chi connectivity index (χ1n) is 0.698. The van der Waals surface area contributed by atoms with Crippen LogP contribution in [0, 0.1) is 0 Å². The molecule has 32 valence electrons. The molecule has 0 bridgehead atoms. The Morgan fingerprint density at radius 1 is 1.50 bits per heavy atom. The van der Waals surface area contributed by atoms with Gasteiger partial charge >= 0.3 is 59.2 Å². The first-order valence-corrected chi connectivity index (χ1v) is 6.03. The van der Waals surface area contributed by atoms with Crippen LogP contribution in [0.1, 0.15) is 0 Å². The predicted octanol–water partition coefficient (Wildman–Crippen LogP) is -1.31. The van der Waals surface area contributed by atoms with Crippen LogP contribution in [0.15, 0.2) is 0 Å². The van der Waals surface area contributed by atoms with Crippen molar-refractivity contribution in [2.45, 2.75) is 0 Å². The van der Waals surface area contributed by atoms with E-state index >= 15 is 0 Å². The van der Waals surface area contributed by atoms with Crippen LogP contribution >= 0.6 is 0 Å². The summed E-state index contributed by atoms with van der Waals surface area (Å²) in [6, 6.07) is 0. The van der Waals surface area contributed by atoms with E-state index in [0.717, 1.165) is 0 Å². The maximum absolute atomic E-state index is 9.24. The summed E-state index contributed by atoms with van der Waals surface area (Å²) in [6.45, 7) is 0. The summed E-state index contributed by atoms with van der Waals surface area (Å²) in [4.78, 5) is 0. The van der Waals surface area contributed by atoms with Crippen molar-refractivity contribution in [3.63, 3.8) is 0 Å². The zero-order valence-electron chi connectivity index (χ0n) is 2.12. The molecule has 0 aromatic carbocycles. The van der Waals surface area contributed by atoms with Gasteiger partial charge in [0.2, 0.25) is 0 Å². The Morgan fingerprint density at radius 3 is 1.50 bits per heavy atom. The molecule has 0 fully saturated rings. The van der Waals surface area contributed by atoms with Gasteiger partial charge < -0.3 is 0 Å². The van der Waals surface area contributed by atoms with Crippen LogP contribution in [0.4, 0.5) is 0 Å². The second-order valence-electron chi connectivity index (χ2n) is 0.448. The molecule has 0 amide bonds. The molecule has 6 heteroatoms. The molecule has 0 spiro atoms. The molecule has 0 heterocycles. The Balaban J connectivity index is 0. The van der Waals surface area contributed by atoms with Crippen LogP contribution in [0.3, 0.4) is 0 Å². The second kappa shape index (κ2) is 3.28. The fraction of sp³-hybridized carbons (Fsp3) is 0. The SMILES string of the molecule is O=[S](=O)(O)[Ta].[LiH]. The molecular weight excluding hydrogens is 268 g/mol. The summed E-state index contributed by atoms with van der Waals surface area (Å²) >= 11 is 0.0116. The molecule has 0 aliphatic heterocycles. The Bertz CT molecular complexity index is 94.0. The van der Waals surface area contributed by atoms with Crippen molar-refractivity contribution in [1.82, 2.24) is 0 Å². The third-order valence-corrected chi connectivity index (χ3v) is 0. The minimum absolute atomic E-state index is 0. The summed E-state index contributed by atoms with van der Waals surface area (Å²) in [6.07, 6.45) is 0. The molecule has 3 nitrogen and oxygen atoms in total. The van der Waals surface area contributed by atoms with Crippen molar-refractivity contribution in [3.05, 3.63) is 0 Å². The fourth-order valence-corrected chi connectivity index (χ4v) is 0. The molecule has 0 rings (SSSR count). The van der Waals surface area contributed by atoms with Crippen molar-refractivity contribution < 1.29 is 32.7 Å². The third kappa shape index (κ3) is 60.8. The van der Waals surface area contributed by atoms with Gasteiger partial charge in [-0.2, -0.15) is 0 Å². The van der Waals surface area contributed by atoms with Gasteiger partial charge in [0, 0.05) is 0 Å². The van der Waals surface area contributed by atoms with E-state index in [4.69, 9.17) is 4.55 Å². The van der Waals surface area contributed by atoms with Gasteiger partial charge in [-0.1, -0.05) is 0 Å². The third-order valence-electron chi connectivity index (χ3n) is 0. The summed E-state index contributed by atoms with van der Waals surface area (Å²) < 4.78 is 26.0. The second-order valence-corrected chi connectivity index (χ2v) is 6.32. The van der Waals surface area contributed by atoms with E-state index in [1.54, 1.807) is 0 Å². The van der Waals surface area contributed by atoms with E-state index in [1.165, 1.54) is 0 Å². The van der Waals surface area contributed by atoms with E-state index in [0.29, 0.717) is 0 Å². The van der Waals surface area contributed by atoms with Crippen molar-refractivity contribution >= 4 is 26.4 Å². The van der Waals surface area contributed by atoms with Crippen LogP contribution in [0.25, 0.3) is 0 Å². The molecule has 0 aromatic rings. The van der Waals surface area contributed by atoms with Gasteiger partial charge in [-0.25, -0.2) is 0 Å². The summed E-state index contributed by atoms with van der Waals surface area (Å²) in [5, 5.41) is 0. The quantitative estimate of drug-likeness (QED) is 0.439. The summed E-state index contributed by atoms with van der Waals surface area (Å²) in [5.41, 5.74) is 0. The standard InChI is InChI=1S/Li.HO3S.Ta.H/c;1-4(2)3;;/h;(H,1,2,3);;. The maximum atomic E-state index is 9.24. The van der Waals surface area contributed by atoms with E-state index < -0.39 is 7.58 Å². The Kier molecular flexibility index (Phi) is 5.61. The van der Waals surface area contributed by atoms with Crippen molar-refractivity contribution in [1.29, 1.82) is 0 Å². The molecule has 0 aliphatic rings. The number of rotatable bonds is 0. The average Bonchev–Trinajstić information content (AvgIpc) is 0.722. The zero-order chi connectivity index (χ0) is 4.50. The molecule has 0 saturated heterocycles. The molecule has 0 saturated carbocycles. The van der Waals surface area contributed by atoms with Gasteiger partial charge in [-0.15, -0.1) is 0 Å². The molecule has 0 aliphatic carbocycles. The van der Waals surface area contributed by atoms with Crippen LogP contribution in [0.5, 0.6) is 0 Å². The van der Waals surface area contributed by atoms with E-state index in [-0.39, 0.29) is 38.6 Å². The predicted molar refractivity (Wildman–Crippen MR) is 18.7 cm³/mol. The molecule has 0 unspecified atom stereocenters. The molecule has 0 aromatic heterocycles. The summed E-state index contributed by atoms with van der Waals surface area (Å²) in [5.74, 6) is 0. The van der Waals surface area contributed by atoms with Gasteiger partial charge in [0.25, 0.3) is 0 Å². The van der Waals surface area contributed by atoms with Gasteiger partial charge in [0.1, 0.15) is 0 Å². The normalized spacial score (nSPS) is 9.50. The van der Waals surface area contributed by atoms with Crippen LogP contribution < -0.4 is 0 Å². The average molecular weight is 270 g/mol. The van der Waals surface area contributed by atoms with Gasteiger partial charge in [-0.3, -0.25) is 0 Å². The number of hydrogen-bond donors (Lipinski definition) is 1. The van der Waals surface area contributed by atoms with Crippen molar-refractivity contribution in [3.8, 4) is 0 Å². The van der Waals surface area contributed by atoms with Gasteiger partial charge in [0.15, 0.2) is 0 Å². The van der Waals surface area contributed by atoms with Crippen molar-refractivity contribution in [2.24, 2.45) is 0 Å². The Labute approximate surface area is 58.9 Å². The summed E-state index contributed by atoms with van der Waals surface area (Å²) in [7, 11) is -3.56. The van der Waals surface area contributed by atoms with Crippen LogP contribution in [-0.2, 0) is 27.3 Å². The molecule has 6 heavy (non-hydrogen) atoms. The zero-order valence-corrected chi connectivity index (χ0v) is 6.15. The Morgan fingerprint density at radius 2 is 1.50 bits per heavy atom. The monoisotopic (exact) mass is 270 g/mol. The topological polar surface area (TPSA) is 54.4 Å². The number of hydrogen-bond acceptors (Lipinski definition) is 2. The fourth-order valence-electron chi connectivity index (χ4n) is 0. The van der Waals surface area contributed by atoms with Crippen molar-refractivity contribution in [2.75, 3.05) is 0 Å². The first-order chi connectivity index (χ1) is 2.00. The van der Waals surface area contributed by atoms with Crippen LogP contribution in [-0.4, -0.2) is 31.8 Å². The van der Waals surface area contributed by atoms with E-state index in [9.17, 15) is 8.42 Å².